The van der Waals surface area contributed by atoms with Gasteiger partial charge in [-0.15, -0.1) is 0 Å². The summed E-state index contributed by atoms with van der Waals surface area (Å²) in [5, 5.41) is 6.86. The molecule has 0 atom stereocenters. The monoisotopic (exact) mass is 330 g/mol. The molecular formula is C18H19ClN2O2. The fourth-order valence-corrected chi connectivity index (χ4v) is 2.47. The number of amides is 1. The number of rotatable bonds is 6. The molecule has 4 nitrogen and oxygen atoms in total. The lowest BCUT2D eigenvalue weighted by Crippen LogP contribution is -2.48. The predicted molar refractivity (Wildman–Crippen MR) is 90.9 cm³/mol. The highest BCUT2D eigenvalue weighted by molar-refractivity contribution is 6.30. The molecule has 1 amide bonds. The van der Waals surface area contributed by atoms with Gasteiger partial charge < -0.3 is 15.4 Å². The maximum atomic E-state index is 12.3. The molecular weight excluding hydrogens is 312 g/mol. The molecule has 23 heavy (non-hydrogen) atoms. The maximum absolute atomic E-state index is 12.3. The first kappa shape index (κ1) is 15.8. The molecule has 2 N–H and O–H groups in total. The van der Waals surface area contributed by atoms with Gasteiger partial charge in [-0.05, 0) is 29.8 Å². The van der Waals surface area contributed by atoms with Gasteiger partial charge in [0.2, 0.25) is 0 Å². The summed E-state index contributed by atoms with van der Waals surface area (Å²) < 4.78 is 5.82. The summed E-state index contributed by atoms with van der Waals surface area (Å²) in [5.41, 5.74) is 1.57. The molecule has 5 heteroatoms. The van der Waals surface area contributed by atoms with Gasteiger partial charge in [0.1, 0.15) is 12.4 Å². The Bertz CT molecular complexity index is 669. The molecule has 0 aromatic heterocycles. The number of hydrogen-bond donors (Lipinski definition) is 2. The van der Waals surface area contributed by atoms with Crippen LogP contribution in [0.1, 0.15) is 15.9 Å². The summed E-state index contributed by atoms with van der Waals surface area (Å²) in [7, 11) is 0. The minimum absolute atomic E-state index is 0.0939. The molecule has 1 aliphatic heterocycles. The normalized spacial score (nSPS) is 14.1. The third kappa shape index (κ3) is 4.24. The second-order valence-corrected chi connectivity index (χ2v) is 6.08. The van der Waals surface area contributed by atoms with Crippen molar-refractivity contribution < 1.29 is 9.53 Å². The summed E-state index contributed by atoms with van der Waals surface area (Å²) in [6.07, 6.45) is 0. The van der Waals surface area contributed by atoms with Gasteiger partial charge in [-0.1, -0.05) is 35.9 Å². The summed E-state index contributed by atoms with van der Waals surface area (Å²) in [6.45, 7) is 3.02. The molecule has 2 aromatic carbocycles. The lowest BCUT2D eigenvalue weighted by atomic mass is 10.0. The molecule has 0 spiro atoms. The van der Waals surface area contributed by atoms with Crippen LogP contribution in [0.4, 0.5) is 0 Å². The molecule has 0 radical (unpaired) electrons. The van der Waals surface area contributed by atoms with Gasteiger partial charge in [0.15, 0.2) is 0 Å². The first-order valence-electron chi connectivity index (χ1n) is 7.67. The van der Waals surface area contributed by atoms with Gasteiger partial charge in [-0.2, -0.15) is 0 Å². The molecule has 1 fully saturated rings. The highest BCUT2D eigenvalue weighted by Gasteiger charge is 2.19. The second-order valence-electron chi connectivity index (χ2n) is 5.65. The number of carbonyl (C=O) groups excluding carboxylic acids is 1. The van der Waals surface area contributed by atoms with E-state index in [-0.39, 0.29) is 5.91 Å². The zero-order chi connectivity index (χ0) is 16.1. The highest BCUT2D eigenvalue weighted by atomic mass is 35.5. The smallest absolute Gasteiger partial charge is 0.255 e. The fraction of sp³-hybridized carbons (Fsp3) is 0.278. The minimum Gasteiger partial charge on any atom is -0.488 e. The first-order chi connectivity index (χ1) is 11.2. The number of ether oxygens (including phenoxy) is 1. The topological polar surface area (TPSA) is 50.4 Å². The molecule has 3 rings (SSSR count). The van der Waals surface area contributed by atoms with Crippen LogP contribution in [0, 0.1) is 5.92 Å². The SMILES string of the molecule is O=C(NCC1CNC1)c1ccccc1OCc1ccc(Cl)cc1. The summed E-state index contributed by atoms with van der Waals surface area (Å²) in [5.74, 6) is 1.02. The molecule has 0 aliphatic carbocycles. The molecule has 0 bridgehead atoms. The average Bonchev–Trinajstić information content (AvgIpc) is 2.53. The lowest BCUT2D eigenvalue weighted by Gasteiger charge is -2.27. The Labute approximate surface area is 140 Å². The number of para-hydroxylation sites is 1. The summed E-state index contributed by atoms with van der Waals surface area (Å²) in [4.78, 5) is 12.3. The molecule has 120 valence electrons. The average molecular weight is 331 g/mol. The zero-order valence-electron chi connectivity index (χ0n) is 12.7. The van der Waals surface area contributed by atoms with Crippen molar-refractivity contribution in [1.82, 2.24) is 10.6 Å². The van der Waals surface area contributed by atoms with Crippen LogP contribution in [0.5, 0.6) is 5.75 Å². The van der Waals surface area contributed by atoms with E-state index in [1.807, 2.05) is 42.5 Å². The van der Waals surface area contributed by atoms with Crippen LogP contribution in [0.3, 0.4) is 0 Å². The Morgan fingerprint density at radius 1 is 1.17 bits per heavy atom. The van der Waals surface area contributed by atoms with Gasteiger partial charge in [0.25, 0.3) is 5.91 Å². The quantitative estimate of drug-likeness (QED) is 0.856. The van der Waals surface area contributed by atoms with E-state index in [0.717, 1.165) is 18.7 Å². The van der Waals surface area contributed by atoms with Gasteiger partial charge in [0, 0.05) is 30.6 Å². The standard InChI is InChI=1S/C18H19ClN2O2/c19-15-7-5-13(6-8-15)12-23-17-4-2-1-3-16(17)18(22)21-11-14-9-20-10-14/h1-8,14,20H,9-12H2,(H,21,22). The molecule has 0 unspecified atom stereocenters. The van der Waals surface area contributed by atoms with E-state index in [1.54, 1.807) is 6.07 Å². The van der Waals surface area contributed by atoms with Crippen LogP contribution in [-0.2, 0) is 6.61 Å². The van der Waals surface area contributed by atoms with Crippen molar-refractivity contribution >= 4 is 17.5 Å². The van der Waals surface area contributed by atoms with Crippen molar-refractivity contribution in [3.63, 3.8) is 0 Å². The maximum Gasteiger partial charge on any atom is 0.255 e. The second kappa shape index (κ2) is 7.49. The van der Waals surface area contributed by atoms with Crippen molar-refractivity contribution in [1.29, 1.82) is 0 Å². The first-order valence-corrected chi connectivity index (χ1v) is 8.05. The van der Waals surface area contributed by atoms with E-state index < -0.39 is 0 Å². The largest absolute Gasteiger partial charge is 0.488 e. The Balaban J connectivity index is 1.62. The van der Waals surface area contributed by atoms with Gasteiger partial charge in [0.05, 0.1) is 5.56 Å². The Morgan fingerprint density at radius 2 is 1.91 bits per heavy atom. The van der Waals surface area contributed by atoms with Crippen molar-refractivity contribution in [3.8, 4) is 5.75 Å². The third-order valence-corrected chi connectivity index (χ3v) is 4.11. The van der Waals surface area contributed by atoms with E-state index in [0.29, 0.717) is 35.4 Å². The Hall–Kier alpha value is -2.04. The zero-order valence-corrected chi connectivity index (χ0v) is 13.5. The molecule has 1 aliphatic rings. The van der Waals surface area contributed by atoms with Crippen LogP contribution < -0.4 is 15.4 Å². The lowest BCUT2D eigenvalue weighted by molar-refractivity contribution is 0.0937. The van der Waals surface area contributed by atoms with E-state index >= 15 is 0 Å². The number of halogens is 1. The Morgan fingerprint density at radius 3 is 2.61 bits per heavy atom. The van der Waals surface area contributed by atoms with E-state index in [2.05, 4.69) is 10.6 Å². The van der Waals surface area contributed by atoms with Crippen LogP contribution in [0.2, 0.25) is 5.02 Å². The van der Waals surface area contributed by atoms with Crippen LogP contribution in [0.25, 0.3) is 0 Å². The van der Waals surface area contributed by atoms with Crippen LogP contribution >= 0.6 is 11.6 Å². The number of nitrogens with one attached hydrogen (secondary N) is 2. The highest BCUT2D eigenvalue weighted by Crippen LogP contribution is 2.20. The van der Waals surface area contributed by atoms with Gasteiger partial charge in [-0.25, -0.2) is 0 Å². The summed E-state index contributed by atoms with van der Waals surface area (Å²) in [6, 6.07) is 14.8. The van der Waals surface area contributed by atoms with Crippen molar-refractivity contribution in [2.45, 2.75) is 6.61 Å². The van der Waals surface area contributed by atoms with E-state index in [9.17, 15) is 4.79 Å². The van der Waals surface area contributed by atoms with Crippen molar-refractivity contribution in [3.05, 3.63) is 64.7 Å². The van der Waals surface area contributed by atoms with Gasteiger partial charge >= 0.3 is 0 Å². The van der Waals surface area contributed by atoms with E-state index in [1.165, 1.54) is 0 Å². The van der Waals surface area contributed by atoms with Gasteiger partial charge in [-0.3, -0.25) is 4.79 Å². The summed E-state index contributed by atoms with van der Waals surface area (Å²) >= 11 is 5.87. The number of hydrogen-bond acceptors (Lipinski definition) is 3. The predicted octanol–water partition coefficient (Wildman–Crippen LogP) is 2.87. The van der Waals surface area contributed by atoms with Crippen molar-refractivity contribution in [2.24, 2.45) is 5.92 Å². The number of benzene rings is 2. The molecule has 2 aromatic rings. The Kier molecular flexibility index (Phi) is 5.16. The molecule has 1 saturated heterocycles. The third-order valence-electron chi connectivity index (χ3n) is 3.86. The van der Waals surface area contributed by atoms with Crippen LogP contribution in [0.15, 0.2) is 48.5 Å². The van der Waals surface area contributed by atoms with Crippen molar-refractivity contribution in [2.75, 3.05) is 19.6 Å². The fourth-order valence-electron chi connectivity index (χ4n) is 2.35. The molecule has 1 heterocycles. The molecule has 0 saturated carbocycles. The number of carbonyl (C=O) groups is 1. The van der Waals surface area contributed by atoms with Crippen LogP contribution in [-0.4, -0.2) is 25.5 Å². The van der Waals surface area contributed by atoms with E-state index in [4.69, 9.17) is 16.3 Å². The minimum atomic E-state index is -0.0939.